The largest absolute Gasteiger partial charge is 0.352 e. The molecule has 1 saturated heterocycles. The second-order valence-electron chi connectivity index (χ2n) is 4.46. The lowest BCUT2D eigenvalue weighted by molar-refractivity contribution is 0.0951. The van der Waals surface area contributed by atoms with Crippen LogP contribution in [0.5, 0.6) is 0 Å². The lowest BCUT2D eigenvalue weighted by Gasteiger charge is -2.11. The highest BCUT2D eigenvalue weighted by Gasteiger charge is 2.15. The number of hydrogen-bond acceptors (Lipinski definition) is 2. The van der Waals surface area contributed by atoms with E-state index in [0.717, 1.165) is 13.0 Å². The molecule has 1 aliphatic heterocycles. The van der Waals surface area contributed by atoms with Crippen molar-refractivity contribution in [1.29, 1.82) is 0 Å². The fraction of sp³-hybridized carbons (Fsp3) is 0.462. The first kappa shape index (κ1) is 13.5. The highest BCUT2D eigenvalue weighted by Crippen LogP contribution is 2.17. The Hall–Kier alpha value is -0.940. The van der Waals surface area contributed by atoms with Gasteiger partial charge in [0.15, 0.2) is 0 Å². The predicted molar refractivity (Wildman–Crippen MR) is 72.1 cm³/mol. The normalized spacial score (nSPS) is 18.9. The molecule has 0 aromatic heterocycles. The van der Waals surface area contributed by atoms with Gasteiger partial charge in [-0.05, 0) is 59.9 Å². The van der Waals surface area contributed by atoms with Crippen LogP contribution >= 0.6 is 15.9 Å². The number of amides is 1. The third-order valence-electron chi connectivity index (χ3n) is 3.12. The molecule has 0 aliphatic carbocycles. The minimum absolute atomic E-state index is 0.167. The summed E-state index contributed by atoms with van der Waals surface area (Å²) in [6.45, 7) is 1.71. The highest BCUT2D eigenvalue weighted by atomic mass is 79.9. The minimum Gasteiger partial charge on any atom is -0.352 e. The Balaban J connectivity index is 1.83. The molecule has 1 aromatic rings. The van der Waals surface area contributed by atoms with Crippen LogP contribution < -0.4 is 10.6 Å². The molecule has 3 nitrogen and oxygen atoms in total. The van der Waals surface area contributed by atoms with Gasteiger partial charge in [-0.1, -0.05) is 0 Å². The van der Waals surface area contributed by atoms with E-state index in [9.17, 15) is 9.18 Å². The molecule has 1 atom stereocenters. The highest BCUT2D eigenvalue weighted by molar-refractivity contribution is 9.10. The summed E-state index contributed by atoms with van der Waals surface area (Å²) in [4.78, 5) is 11.9. The first-order valence-corrected chi connectivity index (χ1v) is 6.93. The van der Waals surface area contributed by atoms with E-state index in [2.05, 4.69) is 26.6 Å². The van der Waals surface area contributed by atoms with Gasteiger partial charge in [-0.25, -0.2) is 4.39 Å². The summed E-state index contributed by atoms with van der Waals surface area (Å²) in [5.41, 5.74) is 0.468. The van der Waals surface area contributed by atoms with Crippen molar-refractivity contribution in [3.05, 3.63) is 34.1 Å². The number of halogens is 2. The summed E-state index contributed by atoms with van der Waals surface area (Å²) in [6, 6.07) is 4.59. The monoisotopic (exact) mass is 314 g/mol. The van der Waals surface area contributed by atoms with Gasteiger partial charge in [-0.3, -0.25) is 4.79 Å². The fourth-order valence-corrected chi connectivity index (χ4v) is 2.66. The summed E-state index contributed by atoms with van der Waals surface area (Å²) in [5, 5.41) is 6.23. The van der Waals surface area contributed by atoms with Gasteiger partial charge in [-0.15, -0.1) is 0 Å². The molecule has 1 fully saturated rings. The topological polar surface area (TPSA) is 41.1 Å². The van der Waals surface area contributed by atoms with Crippen LogP contribution in [-0.4, -0.2) is 25.0 Å². The van der Waals surface area contributed by atoms with Crippen molar-refractivity contribution in [3.8, 4) is 0 Å². The Morgan fingerprint density at radius 2 is 2.39 bits per heavy atom. The maximum atomic E-state index is 12.9. The van der Waals surface area contributed by atoms with Gasteiger partial charge in [0.1, 0.15) is 5.82 Å². The van der Waals surface area contributed by atoms with E-state index in [1.54, 1.807) is 0 Å². The summed E-state index contributed by atoms with van der Waals surface area (Å²) in [6.07, 6.45) is 3.32. The standard InChI is InChI=1S/C13H16BrFN2O/c14-12-8-9(15)3-4-11(12)13(18)17-7-5-10-2-1-6-16-10/h3-4,8,10,16H,1-2,5-7H2,(H,17,18)/t10-/m0/s1. The van der Waals surface area contributed by atoms with Crippen LogP contribution in [0.1, 0.15) is 29.6 Å². The Kier molecular flexibility index (Phi) is 4.72. The molecule has 2 rings (SSSR count). The van der Waals surface area contributed by atoms with Gasteiger partial charge in [0.2, 0.25) is 0 Å². The van der Waals surface area contributed by atoms with Gasteiger partial charge >= 0.3 is 0 Å². The van der Waals surface area contributed by atoms with Gasteiger partial charge < -0.3 is 10.6 Å². The number of hydrogen-bond donors (Lipinski definition) is 2. The molecule has 0 saturated carbocycles. The van der Waals surface area contributed by atoms with E-state index in [1.165, 1.54) is 31.0 Å². The van der Waals surface area contributed by atoms with Crippen molar-refractivity contribution in [1.82, 2.24) is 10.6 Å². The number of carbonyl (C=O) groups excluding carboxylic acids is 1. The van der Waals surface area contributed by atoms with Crippen LogP contribution in [0.2, 0.25) is 0 Å². The summed E-state index contributed by atoms with van der Waals surface area (Å²) >= 11 is 3.19. The number of nitrogens with one attached hydrogen (secondary N) is 2. The second kappa shape index (κ2) is 6.29. The molecule has 98 valence electrons. The molecule has 1 heterocycles. The van der Waals surface area contributed by atoms with Crippen LogP contribution in [0.4, 0.5) is 4.39 Å². The van der Waals surface area contributed by atoms with Crippen LogP contribution in [0.15, 0.2) is 22.7 Å². The molecule has 0 spiro atoms. The average Bonchev–Trinajstić information content (AvgIpc) is 2.81. The van der Waals surface area contributed by atoms with Gasteiger partial charge in [-0.2, -0.15) is 0 Å². The molecular formula is C13H16BrFN2O. The zero-order chi connectivity index (χ0) is 13.0. The molecule has 0 bridgehead atoms. The molecule has 5 heteroatoms. The van der Waals surface area contributed by atoms with Gasteiger partial charge in [0.05, 0.1) is 5.56 Å². The van der Waals surface area contributed by atoms with Crippen molar-refractivity contribution in [2.45, 2.75) is 25.3 Å². The van der Waals surface area contributed by atoms with E-state index in [-0.39, 0.29) is 11.7 Å². The van der Waals surface area contributed by atoms with Crippen LogP contribution in [0.25, 0.3) is 0 Å². The van der Waals surface area contributed by atoms with Gasteiger partial charge in [0, 0.05) is 17.1 Å². The minimum atomic E-state index is -0.353. The Morgan fingerprint density at radius 3 is 3.06 bits per heavy atom. The van der Waals surface area contributed by atoms with Crippen LogP contribution in [0, 0.1) is 5.82 Å². The van der Waals surface area contributed by atoms with E-state index >= 15 is 0 Å². The van der Waals surface area contributed by atoms with Crippen LogP contribution in [-0.2, 0) is 0 Å². The average molecular weight is 315 g/mol. The van der Waals surface area contributed by atoms with E-state index in [0.29, 0.717) is 22.6 Å². The summed E-state index contributed by atoms with van der Waals surface area (Å²) in [5.74, 6) is -0.520. The smallest absolute Gasteiger partial charge is 0.252 e. The second-order valence-corrected chi connectivity index (χ2v) is 5.32. The summed E-state index contributed by atoms with van der Waals surface area (Å²) in [7, 11) is 0. The van der Waals surface area contributed by atoms with Crippen molar-refractivity contribution < 1.29 is 9.18 Å². The van der Waals surface area contributed by atoms with Crippen molar-refractivity contribution >= 4 is 21.8 Å². The van der Waals surface area contributed by atoms with Crippen LogP contribution in [0.3, 0.4) is 0 Å². The number of rotatable bonds is 4. The lowest BCUT2D eigenvalue weighted by atomic mass is 10.1. The van der Waals surface area contributed by atoms with E-state index in [4.69, 9.17) is 0 Å². The molecule has 18 heavy (non-hydrogen) atoms. The first-order chi connectivity index (χ1) is 8.66. The summed E-state index contributed by atoms with van der Waals surface area (Å²) < 4.78 is 13.4. The Morgan fingerprint density at radius 1 is 1.56 bits per heavy atom. The maximum Gasteiger partial charge on any atom is 0.252 e. The molecule has 1 aliphatic rings. The third-order valence-corrected chi connectivity index (χ3v) is 3.77. The van der Waals surface area contributed by atoms with Gasteiger partial charge in [0.25, 0.3) is 5.91 Å². The lowest BCUT2D eigenvalue weighted by Crippen LogP contribution is -2.30. The van der Waals surface area contributed by atoms with Crippen molar-refractivity contribution in [2.24, 2.45) is 0 Å². The maximum absolute atomic E-state index is 12.9. The predicted octanol–water partition coefficient (Wildman–Crippen LogP) is 2.46. The van der Waals surface area contributed by atoms with Crippen molar-refractivity contribution in [3.63, 3.8) is 0 Å². The SMILES string of the molecule is O=C(NCC[C@@H]1CCCN1)c1ccc(F)cc1Br. The Labute approximate surface area is 114 Å². The molecule has 1 amide bonds. The number of benzene rings is 1. The third kappa shape index (κ3) is 3.53. The van der Waals surface area contributed by atoms with E-state index in [1.807, 2.05) is 0 Å². The molecule has 0 radical (unpaired) electrons. The fourth-order valence-electron chi connectivity index (χ4n) is 2.13. The molecule has 2 N–H and O–H groups in total. The quantitative estimate of drug-likeness (QED) is 0.896. The first-order valence-electron chi connectivity index (χ1n) is 6.13. The molecule has 0 unspecified atom stereocenters. The molecule has 1 aromatic carbocycles. The zero-order valence-corrected chi connectivity index (χ0v) is 11.6. The molecular weight excluding hydrogens is 299 g/mol. The van der Waals surface area contributed by atoms with Crippen molar-refractivity contribution in [2.75, 3.05) is 13.1 Å². The Bertz CT molecular complexity index is 433. The zero-order valence-electron chi connectivity index (χ0n) is 10.0. The van der Waals surface area contributed by atoms with E-state index < -0.39 is 0 Å². The number of carbonyl (C=O) groups is 1.